The first-order chi connectivity index (χ1) is 8.87. The fourth-order valence-electron chi connectivity index (χ4n) is 3.21. The van der Waals surface area contributed by atoms with Crippen molar-refractivity contribution in [2.24, 2.45) is 5.73 Å². The van der Waals surface area contributed by atoms with Crippen molar-refractivity contribution in [3.8, 4) is 0 Å². The predicted molar refractivity (Wildman–Crippen MR) is 77.4 cm³/mol. The SMILES string of the molecule is CC1CCCC(C)N1NC1(CN)CCS(=O)(=O)CC1. The van der Waals surface area contributed by atoms with Crippen LogP contribution in [-0.4, -0.2) is 49.1 Å². The minimum Gasteiger partial charge on any atom is -0.329 e. The first-order valence-electron chi connectivity index (χ1n) is 7.34. The van der Waals surface area contributed by atoms with Gasteiger partial charge in [0.05, 0.1) is 11.5 Å². The third-order valence-electron chi connectivity index (χ3n) is 4.73. The lowest BCUT2D eigenvalue weighted by Crippen LogP contribution is -2.65. The molecule has 2 aliphatic rings. The minimum atomic E-state index is -2.85. The van der Waals surface area contributed by atoms with Crippen molar-refractivity contribution < 1.29 is 8.42 Å². The van der Waals surface area contributed by atoms with E-state index in [0.717, 1.165) is 0 Å². The molecule has 0 saturated carbocycles. The first kappa shape index (κ1) is 15.2. The summed E-state index contributed by atoms with van der Waals surface area (Å²) in [5, 5.41) is 2.31. The van der Waals surface area contributed by atoms with Gasteiger partial charge in [0, 0.05) is 24.2 Å². The molecule has 2 aliphatic heterocycles. The number of nitrogens with zero attached hydrogens (tertiary/aromatic N) is 1. The van der Waals surface area contributed by atoms with Crippen molar-refractivity contribution in [1.29, 1.82) is 0 Å². The number of nitrogens with two attached hydrogens (primary N) is 1. The molecule has 0 aromatic heterocycles. The molecule has 2 rings (SSSR count). The third-order valence-corrected chi connectivity index (χ3v) is 6.39. The van der Waals surface area contributed by atoms with E-state index in [2.05, 4.69) is 24.3 Å². The highest BCUT2D eigenvalue weighted by Gasteiger charge is 2.39. The van der Waals surface area contributed by atoms with Crippen molar-refractivity contribution >= 4 is 9.84 Å². The Hall–Kier alpha value is -0.170. The van der Waals surface area contributed by atoms with Gasteiger partial charge in [-0.15, -0.1) is 0 Å². The highest BCUT2D eigenvalue weighted by Crippen LogP contribution is 2.27. The van der Waals surface area contributed by atoms with Crippen LogP contribution in [0.1, 0.15) is 46.0 Å². The second kappa shape index (κ2) is 5.68. The standard InChI is InChI=1S/C13H27N3O2S/c1-11-4-3-5-12(2)16(11)15-13(10-14)6-8-19(17,18)9-7-13/h11-12,15H,3-10,14H2,1-2H3. The lowest BCUT2D eigenvalue weighted by atomic mass is 9.92. The Morgan fingerprint density at radius 2 is 1.74 bits per heavy atom. The van der Waals surface area contributed by atoms with E-state index < -0.39 is 9.84 Å². The number of hydrogen-bond acceptors (Lipinski definition) is 5. The Bertz CT molecular complexity index is 386. The zero-order chi connectivity index (χ0) is 14.1. The summed E-state index contributed by atoms with van der Waals surface area (Å²) in [5.41, 5.74) is 9.32. The smallest absolute Gasteiger partial charge is 0.150 e. The number of sulfone groups is 1. The third kappa shape index (κ3) is 3.48. The van der Waals surface area contributed by atoms with Crippen LogP contribution in [0.5, 0.6) is 0 Å². The fraction of sp³-hybridized carbons (Fsp3) is 1.00. The van der Waals surface area contributed by atoms with Crippen molar-refractivity contribution in [3.05, 3.63) is 0 Å². The van der Waals surface area contributed by atoms with Gasteiger partial charge in [0.15, 0.2) is 0 Å². The Balaban J connectivity index is 2.06. The van der Waals surface area contributed by atoms with Crippen LogP contribution in [-0.2, 0) is 9.84 Å². The van der Waals surface area contributed by atoms with E-state index in [1.54, 1.807) is 0 Å². The molecular formula is C13H27N3O2S. The molecule has 19 heavy (non-hydrogen) atoms. The number of hydrazine groups is 1. The van der Waals surface area contributed by atoms with Gasteiger partial charge in [-0.1, -0.05) is 6.42 Å². The number of nitrogens with one attached hydrogen (secondary N) is 1. The highest BCUT2D eigenvalue weighted by atomic mass is 32.2. The molecule has 3 N–H and O–H groups in total. The molecule has 2 unspecified atom stereocenters. The number of piperidine rings is 1. The van der Waals surface area contributed by atoms with Gasteiger partial charge in [0.1, 0.15) is 9.84 Å². The van der Waals surface area contributed by atoms with E-state index >= 15 is 0 Å². The monoisotopic (exact) mass is 289 g/mol. The summed E-state index contributed by atoms with van der Waals surface area (Å²) >= 11 is 0. The predicted octanol–water partition coefficient (Wildman–Crippen LogP) is 0.660. The topological polar surface area (TPSA) is 75.4 Å². The van der Waals surface area contributed by atoms with Gasteiger partial charge in [-0.05, 0) is 39.5 Å². The van der Waals surface area contributed by atoms with E-state index in [1.807, 2.05) is 0 Å². The van der Waals surface area contributed by atoms with Crippen molar-refractivity contribution in [3.63, 3.8) is 0 Å². The van der Waals surface area contributed by atoms with Gasteiger partial charge in [0.2, 0.25) is 0 Å². The summed E-state index contributed by atoms with van der Waals surface area (Å²) in [7, 11) is -2.85. The summed E-state index contributed by atoms with van der Waals surface area (Å²) in [4.78, 5) is 0. The Morgan fingerprint density at radius 1 is 1.21 bits per heavy atom. The maximum absolute atomic E-state index is 11.6. The molecule has 0 amide bonds. The van der Waals surface area contributed by atoms with Gasteiger partial charge in [0.25, 0.3) is 0 Å². The van der Waals surface area contributed by atoms with Crippen LogP contribution < -0.4 is 11.2 Å². The van der Waals surface area contributed by atoms with Crippen LogP contribution in [0.4, 0.5) is 0 Å². The van der Waals surface area contributed by atoms with Gasteiger partial charge in [-0.2, -0.15) is 0 Å². The van der Waals surface area contributed by atoms with Gasteiger partial charge in [-0.25, -0.2) is 18.9 Å². The maximum atomic E-state index is 11.6. The van der Waals surface area contributed by atoms with Crippen LogP contribution in [0.15, 0.2) is 0 Å². The molecular weight excluding hydrogens is 262 g/mol. The van der Waals surface area contributed by atoms with E-state index in [0.29, 0.717) is 31.5 Å². The van der Waals surface area contributed by atoms with E-state index in [-0.39, 0.29) is 17.0 Å². The molecule has 0 aromatic carbocycles. The average Bonchev–Trinajstić information content (AvgIpc) is 2.37. The zero-order valence-corrected chi connectivity index (χ0v) is 12.9. The molecule has 2 saturated heterocycles. The molecule has 0 spiro atoms. The lowest BCUT2D eigenvalue weighted by molar-refractivity contribution is -0.00129. The molecule has 2 atom stereocenters. The second-order valence-corrected chi connectivity index (χ2v) is 8.59. The molecule has 0 bridgehead atoms. The summed E-state index contributed by atoms with van der Waals surface area (Å²) in [5.74, 6) is 0.515. The Morgan fingerprint density at radius 3 is 2.21 bits per heavy atom. The minimum absolute atomic E-state index is 0.231. The quantitative estimate of drug-likeness (QED) is 0.798. The summed E-state index contributed by atoms with van der Waals surface area (Å²) < 4.78 is 23.2. The molecule has 0 radical (unpaired) electrons. The summed E-state index contributed by atoms with van der Waals surface area (Å²) in [6.07, 6.45) is 4.90. The zero-order valence-electron chi connectivity index (χ0n) is 12.1. The fourth-order valence-corrected chi connectivity index (χ4v) is 4.81. The first-order valence-corrected chi connectivity index (χ1v) is 9.16. The van der Waals surface area contributed by atoms with Crippen molar-refractivity contribution in [2.45, 2.75) is 63.6 Å². The van der Waals surface area contributed by atoms with Gasteiger partial charge >= 0.3 is 0 Å². The summed E-state index contributed by atoms with van der Waals surface area (Å²) in [6, 6.07) is 0.983. The van der Waals surface area contributed by atoms with E-state index in [1.165, 1.54) is 19.3 Å². The molecule has 0 aliphatic carbocycles. The Labute approximate surface area is 116 Å². The lowest BCUT2D eigenvalue weighted by Gasteiger charge is -2.47. The van der Waals surface area contributed by atoms with E-state index in [4.69, 9.17) is 5.73 Å². The molecule has 2 heterocycles. The molecule has 6 heteroatoms. The Kier molecular flexibility index (Phi) is 4.55. The van der Waals surface area contributed by atoms with Crippen LogP contribution in [0.2, 0.25) is 0 Å². The van der Waals surface area contributed by atoms with Crippen LogP contribution >= 0.6 is 0 Å². The largest absolute Gasteiger partial charge is 0.329 e. The van der Waals surface area contributed by atoms with Gasteiger partial charge in [-0.3, -0.25) is 0 Å². The van der Waals surface area contributed by atoms with E-state index in [9.17, 15) is 8.42 Å². The number of rotatable bonds is 3. The van der Waals surface area contributed by atoms with Crippen LogP contribution in [0, 0.1) is 0 Å². The average molecular weight is 289 g/mol. The highest BCUT2D eigenvalue weighted by molar-refractivity contribution is 7.91. The van der Waals surface area contributed by atoms with Gasteiger partial charge < -0.3 is 5.73 Å². The molecule has 0 aromatic rings. The molecule has 5 nitrogen and oxygen atoms in total. The van der Waals surface area contributed by atoms with Crippen LogP contribution in [0.3, 0.4) is 0 Å². The van der Waals surface area contributed by atoms with Crippen molar-refractivity contribution in [1.82, 2.24) is 10.4 Å². The number of hydrogen-bond donors (Lipinski definition) is 2. The summed E-state index contributed by atoms with van der Waals surface area (Å²) in [6.45, 7) is 4.96. The maximum Gasteiger partial charge on any atom is 0.150 e. The molecule has 2 fully saturated rings. The van der Waals surface area contributed by atoms with Crippen LogP contribution in [0.25, 0.3) is 0 Å². The second-order valence-electron chi connectivity index (χ2n) is 6.28. The molecule has 112 valence electrons. The van der Waals surface area contributed by atoms with Crippen molar-refractivity contribution in [2.75, 3.05) is 18.1 Å². The normalized spacial score (nSPS) is 35.1.